The number of likely N-dealkylation sites (tertiary alicyclic amines) is 1. The van der Waals surface area contributed by atoms with Crippen LogP contribution in [0.5, 0.6) is 0 Å². The number of hydrogen-bond acceptors (Lipinski definition) is 5. The van der Waals surface area contributed by atoms with E-state index in [1.807, 2.05) is 4.90 Å². The first-order valence-corrected chi connectivity index (χ1v) is 12.6. The summed E-state index contributed by atoms with van der Waals surface area (Å²) in [6.45, 7) is 6.36. The minimum absolute atomic E-state index is 0.121. The third-order valence-electron chi connectivity index (χ3n) is 6.06. The topological polar surface area (TPSA) is 63.4 Å². The molecule has 0 spiro atoms. The van der Waals surface area contributed by atoms with Gasteiger partial charge in [-0.1, -0.05) is 38.1 Å². The lowest BCUT2D eigenvalue weighted by Gasteiger charge is -2.32. The molecule has 6 heteroatoms. The van der Waals surface area contributed by atoms with E-state index in [-0.39, 0.29) is 11.7 Å². The summed E-state index contributed by atoms with van der Waals surface area (Å²) in [5, 5.41) is 0.394. The molecule has 4 rings (SSSR count). The molecule has 1 aromatic heterocycles. The second-order valence-electron chi connectivity index (χ2n) is 8.53. The summed E-state index contributed by atoms with van der Waals surface area (Å²) in [7, 11) is 0. The Kier molecular flexibility index (Phi) is 6.66. The molecule has 30 heavy (non-hydrogen) atoms. The molecule has 1 aromatic carbocycles. The Morgan fingerprint density at radius 2 is 2.03 bits per heavy atom. The zero-order valence-corrected chi connectivity index (χ0v) is 19.4. The van der Waals surface area contributed by atoms with Crippen LogP contribution in [0.25, 0.3) is 0 Å². The molecule has 2 heterocycles. The van der Waals surface area contributed by atoms with Crippen LogP contribution >= 0.6 is 23.1 Å². The lowest BCUT2D eigenvalue weighted by molar-refractivity contribution is 0.0717. The largest absolute Gasteiger partial charge is 0.338 e. The van der Waals surface area contributed by atoms with Crippen LogP contribution < -0.4 is 5.73 Å². The smallest absolute Gasteiger partial charge is 0.264 e. The predicted molar refractivity (Wildman–Crippen MR) is 125 cm³/mol. The van der Waals surface area contributed by atoms with Gasteiger partial charge >= 0.3 is 0 Å². The van der Waals surface area contributed by atoms with E-state index in [9.17, 15) is 9.59 Å². The van der Waals surface area contributed by atoms with Gasteiger partial charge in [0.1, 0.15) is 0 Å². The van der Waals surface area contributed by atoms with E-state index in [1.165, 1.54) is 5.56 Å². The second-order valence-corrected chi connectivity index (χ2v) is 11.4. The van der Waals surface area contributed by atoms with Gasteiger partial charge in [0.15, 0.2) is 5.78 Å². The Morgan fingerprint density at radius 3 is 2.73 bits per heavy atom. The van der Waals surface area contributed by atoms with E-state index in [0.717, 1.165) is 64.5 Å². The molecule has 0 saturated carbocycles. The molecule has 2 aliphatic rings. The Morgan fingerprint density at radius 1 is 1.27 bits per heavy atom. The minimum atomic E-state index is 0.121. The van der Waals surface area contributed by atoms with Crippen LogP contribution in [0, 0.1) is 0 Å². The average molecular weight is 443 g/mol. The highest BCUT2D eigenvalue weighted by atomic mass is 32.2. The van der Waals surface area contributed by atoms with Crippen molar-refractivity contribution in [3.05, 3.63) is 51.4 Å². The molecule has 1 saturated heterocycles. The first-order valence-electron chi connectivity index (χ1n) is 10.9. The van der Waals surface area contributed by atoms with Gasteiger partial charge in [-0.05, 0) is 48.3 Å². The first kappa shape index (κ1) is 21.6. The van der Waals surface area contributed by atoms with Gasteiger partial charge in [0.25, 0.3) is 5.91 Å². The zero-order valence-electron chi connectivity index (χ0n) is 17.8. The molecule has 4 nitrogen and oxygen atoms in total. The normalized spacial score (nSPS) is 17.5. The van der Waals surface area contributed by atoms with E-state index in [0.29, 0.717) is 24.1 Å². The van der Waals surface area contributed by atoms with Crippen LogP contribution in [-0.4, -0.2) is 34.9 Å². The van der Waals surface area contributed by atoms with E-state index < -0.39 is 0 Å². The van der Waals surface area contributed by atoms with Crippen LogP contribution in [0.3, 0.4) is 0 Å². The van der Waals surface area contributed by atoms with Gasteiger partial charge in [-0.2, -0.15) is 0 Å². The minimum Gasteiger partial charge on any atom is -0.338 e. The van der Waals surface area contributed by atoms with E-state index in [4.69, 9.17) is 5.73 Å². The molecule has 1 aliphatic heterocycles. The fourth-order valence-electron chi connectivity index (χ4n) is 4.52. The van der Waals surface area contributed by atoms with Gasteiger partial charge in [0, 0.05) is 36.9 Å². The lowest BCUT2D eigenvalue weighted by Crippen LogP contribution is -2.38. The molecule has 160 valence electrons. The average Bonchev–Trinajstić information content (AvgIpc) is 3.12. The van der Waals surface area contributed by atoms with E-state index in [1.54, 1.807) is 23.1 Å². The van der Waals surface area contributed by atoms with Crippen molar-refractivity contribution in [3.63, 3.8) is 0 Å². The summed E-state index contributed by atoms with van der Waals surface area (Å²) in [4.78, 5) is 28.8. The zero-order chi connectivity index (χ0) is 21.3. The molecule has 0 radical (unpaired) electrons. The Balaban J connectivity index is 1.51. The van der Waals surface area contributed by atoms with Crippen LogP contribution in [0.15, 0.2) is 28.5 Å². The highest BCUT2D eigenvalue weighted by Gasteiger charge is 2.33. The summed E-state index contributed by atoms with van der Waals surface area (Å²) >= 11 is 3.27. The van der Waals surface area contributed by atoms with Crippen LogP contribution in [0.1, 0.15) is 82.2 Å². The summed E-state index contributed by atoms with van der Waals surface area (Å²) in [5.41, 5.74) is 10.2. The van der Waals surface area contributed by atoms with Crippen molar-refractivity contribution >= 4 is 34.8 Å². The van der Waals surface area contributed by atoms with Gasteiger partial charge in [0.2, 0.25) is 0 Å². The lowest BCUT2D eigenvalue weighted by atomic mass is 9.88. The molecule has 1 aliphatic carbocycles. The Labute approximate surface area is 187 Å². The fourth-order valence-corrected chi connectivity index (χ4v) is 7.39. The number of rotatable bonds is 5. The number of carbonyl (C=O) groups excluding carboxylic acids is 2. The quantitative estimate of drug-likeness (QED) is 0.643. The first-order chi connectivity index (χ1) is 14.5. The van der Waals surface area contributed by atoms with Crippen LogP contribution in [-0.2, 0) is 13.0 Å². The van der Waals surface area contributed by atoms with Crippen molar-refractivity contribution in [3.8, 4) is 0 Å². The van der Waals surface area contributed by atoms with Crippen molar-refractivity contribution in [2.75, 3.05) is 13.1 Å². The molecule has 2 N–H and O–H groups in total. The number of piperidine rings is 1. The molecule has 2 aromatic rings. The number of thioether (sulfide) groups is 1. The molecule has 0 unspecified atom stereocenters. The van der Waals surface area contributed by atoms with Gasteiger partial charge in [0.05, 0.1) is 9.09 Å². The molecule has 0 bridgehead atoms. The Hall–Kier alpha value is -1.63. The molecule has 1 amide bonds. The molecule has 1 fully saturated rings. The van der Waals surface area contributed by atoms with Gasteiger partial charge in [-0.25, -0.2) is 0 Å². The maximum absolute atomic E-state index is 13.4. The standard InChI is InChI=1S/C24H30N2O2S2/c1-15(2)29-24-21-19(7-4-8-20(21)27)22(30-24)23(28)26-11-9-17(10-12-26)18-6-3-5-16(13-18)14-25/h3,5-6,13,15,17H,4,7-12,14,25H2,1-2H3. The number of carbonyl (C=O) groups is 2. The summed E-state index contributed by atoms with van der Waals surface area (Å²) < 4.78 is 1.04. The number of fused-ring (bicyclic) bond motifs is 1. The highest BCUT2D eigenvalue weighted by molar-refractivity contribution is 8.01. The van der Waals surface area contributed by atoms with Crippen molar-refractivity contribution in [1.82, 2.24) is 4.90 Å². The summed E-state index contributed by atoms with van der Waals surface area (Å²) in [6, 6.07) is 8.53. The van der Waals surface area contributed by atoms with E-state index in [2.05, 4.69) is 38.1 Å². The number of nitrogens with two attached hydrogens (primary N) is 1. The second kappa shape index (κ2) is 9.25. The third-order valence-corrected chi connectivity index (χ3v) is 8.50. The number of nitrogens with zero attached hydrogens (tertiary/aromatic N) is 1. The van der Waals surface area contributed by atoms with E-state index >= 15 is 0 Å². The molecular weight excluding hydrogens is 412 g/mol. The predicted octanol–water partition coefficient (Wildman–Crippen LogP) is 5.25. The number of Topliss-reactive ketones (excluding diaryl/α,β-unsaturated/α-hetero) is 1. The summed E-state index contributed by atoms with van der Waals surface area (Å²) in [5.74, 6) is 0.815. The van der Waals surface area contributed by atoms with Crippen molar-refractivity contribution in [1.29, 1.82) is 0 Å². The van der Waals surface area contributed by atoms with Crippen molar-refractivity contribution in [2.24, 2.45) is 5.73 Å². The SMILES string of the molecule is CC(C)Sc1sc(C(=O)N2CCC(c3cccc(CN)c3)CC2)c2c1C(=O)CCC2. The third kappa shape index (κ3) is 4.36. The number of ketones is 1. The maximum atomic E-state index is 13.4. The number of benzene rings is 1. The fraction of sp³-hybridized carbons (Fsp3) is 0.500. The Bertz CT molecular complexity index is 943. The monoisotopic (exact) mass is 442 g/mol. The van der Waals surface area contributed by atoms with Gasteiger partial charge in [-0.3, -0.25) is 9.59 Å². The van der Waals surface area contributed by atoms with Crippen molar-refractivity contribution in [2.45, 2.75) is 67.9 Å². The molecule has 0 atom stereocenters. The van der Waals surface area contributed by atoms with Crippen LogP contribution in [0.2, 0.25) is 0 Å². The number of hydrogen-bond donors (Lipinski definition) is 1. The van der Waals surface area contributed by atoms with Gasteiger partial charge in [-0.15, -0.1) is 23.1 Å². The summed E-state index contributed by atoms with van der Waals surface area (Å²) in [6.07, 6.45) is 4.25. The van der Waals surface area contributed by atoms with Gasteiger partial charge < -0.3 is 10.6 Å². The van der Waals surface area contributed by atoms with Crippen molar-refractivity contribution < 1.29 is 9.59 Å². The number of thiophene rings is 1. The number of amides is 1. The highest BCUT2D eigenvalue weighted by Crippen LogP contribution is 2.42. The molecular formula is C24H30N2O2S2. The maximum Gasteiger partial charge on any atom is 0.264 e. The van der Waals surface area contributed by atoms with Crippen LogP contribution in [0.4, 0.5) is 0 Å².